The van der Waals surface area contributed by atoms with Crippen molar-refractivity contribution >= 4 is 23.2 Å². The van der Waals surface area contributed by atoms with E-state index in [-0.39, 0.29) is 19.2 Å². The minimum absolute atomic E-state index is 0.0239. The zero-order chi connectivity index (χ0) is 21.8. The number of nitrogens with two attached hydrogens (primary N) is 1. The van der Waals surface area contributed by atoms with Gasteiger partial charge >= 0.3 is 5.97 Å². The van der Waals surface area contributed by atoms with E-state index in [1.54, 1.807) is 25.1 Å². The van der Waals surface area contributed by atoms with Crippen molar-refractivity contribution in [1.29, 1.82) is 0 Å². The molecule has 0 radical (unpaired) electrons. The number of carbonyl (C=O) groups excluding carboxylic acids is 2. The molecule has 0 unspecified atom stereocenters. The van der Waals surface area contributed by atoms with Crippen LogP contribution in [0.25, 0.3) is 0 Å². The molecule has 2 aromatic rings. The average Bonchev–Trinajstić information content (AvgIpc) is 3.02. The first-order valence-corrected chi connectivity index (χ1v) is 10.9. The largest absolute Gasteiger partial charge is 0.490 e. The van der Waals surface area contributed by atoms with E-state index in [2.05, 4.69) is 20.8 Å². The molecule has 30 heavy (non-hydrogen) atoms. The van der Waals surface area contributed by atoms with Crippen LogP contribution in [0.2, 0.25) is 0 Å². The molecule has 3 N–H and O–H groups in total. The van der Waals surface area contributed by atoms with Gasteiger partial charge in [0.15, 0.2) is 0 Å². The van der Waals surface area contributed by atoms with Gasteiger partial charge in [-0.1, -0.05) is 13.8 Å². The molecule has 7 heteroatoms. The number of esters is 1. The maximum Gasteiger partial charge on any atom is 0.348 e. The van der Waals surface area contributed by atoms with Gasteiger partial charge in [0.2, 0.25) is 5.91 Å². The molecule has 2 aliphatic rings. The predicted molar refractivity (Wildman–Crippen MR) is 114 cm³/mol. The number of ether oxygens (including phenoxy) is 2. The fourth-order valence-corrected chi connectivity index (χ4v) is 5.86. The van der Waals surface area contributed by atoms with Crippen molar-refractivity contribution in [2.75, 3.05) is 13.2 Å². The number of aliphatic hydroxyl groups is 1. The third-order valence-electron chi connectivity index (χ3n) is 6.50. The Morgan fingerprint density at radius 3 is 2.70 bits per heavy atom. The predicted octanol–water partition coefficient (Wildman–Crippen LogP) is 3.36. The Kier molecular flexibility index (Phi) is 5.14. The number of fused-ring (bicyclic) bond motifs is 3. The highest BCUT2D eigenvalue weighted by atomic mass is 32.1. The first-order valence-electron chi connectivity index (χ1n) is 10.1. The number of rotatable bonds is 7. The number of thiophene rings is 1. The minimum Gasteiger partial charge on any atom is -0.490 e. The number of aliphatic hydroxyl groups excluding tert-OH is 1. The van der Waals surface area contributed by atoms with Crippen molar-refractivity contribution in [2.24, 2.45) is 17.1 Å². The van der Waals surface area contributed by atoms with Crippen LogP contribution in [-0.2, 0) is 11.2 Å². The second-order valence-electron chi connectivity index (χ2n) is 8.90. The van der Waals surface area contributed by atoms with Crippen molar-refractivity contribution in [3.63, 3.8) is 0 Å². The van der Waals surface area contributed by atoms with Crippen molar-refractivity contribution in [2.45, 2.75) is 46.1 Å². The van der Waals surface area contributed by atoms with Crippen LogP contribution in [0, 0.1) is 25.2 Å². The van der Waals surface area contributed by atoms with Gasteiger partial charge in [0.1, 0.15) is 29.9 Å². The number of benzene rings is 1. The third-order valence-corrected chi connectivity index (χ3v) is 7.65. The first-order chi connectivity index (χ1) is 14.1. The number of hydrogen-bond acceptors (Lipinski definition) is 6. The second-order valence-corrected chi connectivity index (χ2v) is 10.1. The fourth-order valence-electron chi connectivity index (χ4n) is 4.73. The van der Waals surface area contributed by atoms with Gasteiger partial charge in [-0.25, -0.2) is 4.79 Å². The summed E-state index contributed by atoms with van der Waals surface area (Å²) in [6.45, 7) is 8.29. The summed E-state index contributed by atoms with van der Waals surface area (Å²) in [5.41, 5.74) is 9.23. The highest BCUT2D eigenvalue weighted by Gasteiger charge is 2.63. The monoisotopic (exact) mass is 429 g/mol. The van der Waals surface area contributed by atoms with Crippen LogP contribution in [0.15, 0.2) is 18.2 Å². The van der Waals surface area contributed by atoms with Crippen molar-refractivity contribution < 1.29 is 24.2 Å². The molecular weight excluding hydrogens is 402 g/mol. The lowest BCUT2D eigenvalue weighted by atomic mass is 9.95. The molecule has 6 nitrogen and oxygen atoms in total. The molecule has 0 aliphatic heterocycles. The van der Waals surface area contributed by atoms with Gasteiger partial charge in [0.05, 0.1) is 0 Å². The van der Waals surface area contributed by atoms with Crippen molar-refractivity contribution in [3.05, 3.63) is 50.2 Å². The Balaban J connectivity index is 1.32. The maximum absolute atomic E-state index is 12.6. The number of hydrogen-bond donors (Lipinski definition) is 2. The molecule has 0 spiro atoms. The van der Waals surface area contributed by atoms with Crippen LogP contribution in [0.3, 0.4) is 0 Å². The molecule has 1 aromatic heterocycles. The third kappa shape index (κ3) is 3.50. The SMILES string of the molecule is Cc1cc(C(N)=O)ccc1OC[C@@H](O)COC(=O)c1sc(C)c2c1C[C@@H]1[C@H]2C1(C)C. The number of primary amides is 1. The molecule has 160 valence electrons. The molecule has 0 saturated heterocycles. The second kappa shape index (κ2) is 7.39. The van der Waals surface area contributed by atoms with E-state index < -0.39 is 12.0 Å². The molecule has 2 aliphatic carbocycles. The molecule has 0 bridgehead atoms. The fraction of sp³-hybridized carbons (Fsp3) is 0.478. The van der Waals surface area contributed by atoms with E-state index in [0.29, 0.717) is 33.4 Å². The summed E-state index contributed by atoms with van der Waals surface area (Å²) in [7, 11) is 0. The first kappa shape index (κ1) is 20.9. The lowest BCUT2D eigenvalue weighted by Gasteiger charge is -2.15. The standard InChI is InChI=1S/C23H27NO5S/c1-11-7-13(21(24)26)5-6-17(11)28-9-14(25)10-29-22(27)20-15-8-16-19(23(16,3)4)18(15)12(2)30-20/h5-7,14,16,19,25H,8-10H2,1-4H3,(H2,24,26)/t14-,16-,19-/m1/s1. The van der Waals surface area contributed by atoms with E-state index in [1.807, 2.05) is 0 Å². The highest BCUT2D eigenvalue weighted by Crippen LogP contribution is 2.71. The van der Waals surface area contributed by atoms with Gasteiger partial charge < -0.3 is 20.3 Å². The number of amides is 1. The Bertz CT molecular complexity index is 1020. The maximum atomic E-state index is 12.6. The van der Waals surface area contributed by atoms with Crippen LogP contribution in [0.1, 0.15) is 61.4 Å². The average molecular weight is 430 g/mol. The minimum atomic E-state index is -0.953. The Morgan fingerprint density at radius 2 is 2.03 bits per heavy atom. The molecule has 1 fully saturated rings. The normalized spacial score (nSPS) is 21.5. The van der Waals surface area contributed by atoms with E-state index in [4.69, 9.17) is 15.2 Å². The summed E-state index contributed by atoms with van der Waals surface area (Å²) in [4.78, 5) is 25.7. The molecule has 1 aromatic carbocycles. The van der Waals surface area contributed by atoms with Gasteiger partial charge in [0, 0.05) is 10.4 Å². The molecule has 4 rings (SSSR count). The van der Waals surface area contributed by atoms with Gasteiger partial charge in [0.25, 0.3) is 0 Å². The van der Waals surface area contributed by atoms with Crippen molar-refractivity contribution in [3.8, 4) is 5.75 Å². The molecular formula is C23H27NO5S. The molecule has 1 amide bonds. The highest BCUT2D eigenvalue weighted by molar-refractivity contribution is 7.14. The molecule has 1 heterocycles. The zero-order valence-corrected chi connectivity index (χ0v) is 18.5. The van der Waals surface area contributed by atoms with E-state index in [0.717, 1.165) is 17.5 Å². The Hall–Kier alpha value is -2.38. The van der Waals surface area contributed by atoms with Gasteiger partial charge in [-0.2, -0.15) is 0 Å². The van der Waals surface area contributed by atoms with Gasteiger partial charge in [-0.15, -0.1) is 11.3 Å². The van der Waals surface area contributed by atoms with Crippen LogP contribution >= 0.6 is 11.3 Å². The van der Waals surface area contributed by atoms with Crippen molar-refractivity contribution in [1.82, 2.24) is 0 Å². The summed E-state index contributed by atoms with van der Waals surface area (Å²) in [5, 5.41) is 10.2. The lowest BCUT2D eigenvalue weighted by Crippen LogP contribution is -2.25. The Labute approximate surface area is 180 Å². The van der Waals surface area contributed by atoms with E-state index in [9.17, 15) is 14.7 Å². The smallest absolute Gasteiger partial charge is 0.348 e. The van der Waals surface area contributed by atoms with Crippen LogP contribution in [0.4, 0.5) is 0 Å². The summed E-state index contributed by atoms with van der Waals surface area (Å²) in [6.07, 6.45) is -0.0146. The van der Waals surface area contributed by atoms with Gasteiger partial charge in [-0.05, 0) is 72.4 Å². The number of carbonyl (C=O) groups is 2. The summed E-state index contributed by atoms with van der Waals surface area (Å²) >= 11 is 1.50. The van der Waals surface area contributed by atoms with Crippen LogP contribution in [0.5, 0.6) is 5.75 Å². The number of aryl methyl sites for hydroxylation is 2. The Morgan fingerprint density at radius 1 is 1.30 bits per heavy atom. The van der Waals surface area contributed by atoms with E-state index >= 15 is 0 Å². The van der Waals surface area contributed by atoms with Gasteiger partial charge in [-0.3, -0.25) is 4.79 Å². The zero-order valence-electron chi connectivity index (χ0n) is 17.7. The summed E-state index contributed by atoms with van der Waals surface area (Å²) in [6, 6.07) is 4.84. The molecule has 3 atom stereocenters. The summed E-state index contributed by atoms with van der Waals surface area (Å²) in [5.74, 6) is 0.856. The lowest BCUT2D eigenvalue weighted by molar-refractivity contribution is 0.0132. The topological polar surface area (TPSA) is 98.9 Å². The van der Waals surface area contributed by atoms with E-state index in [1.165, 1.54) is 21.8 Å². The quantitative estimate of drug-likeness (QED) is 0.658. The van der Waals surface area contributed by atoms with Crippen LogP contribution in [-0.4, -0.2) is 36.3 Å². The molecule has 1 saturated carbocycles. The summed E-state index contributed by atoms with van der Waals surface area (Å²) < 4.78 is 11.0. The van der Waals surface area contributed by atoms with Crippen LogP contribution < -0.4 is 10.5 Å².